The minimum atomic E-state index is -1.86. The standard InChI is InChI=1S/2C6H12O6/c2*7-1-3(9)5(11)6(12)4(10)2-8/h2*3,5-9,11-12H,1-2H2/t2*3-,5-,6-/m00/s1. The van der Waals surface area contributed by atoms with Gasteiger partial charge in [-0.05, 0) is 0 Å². The van der Waals surface area contributed by atoms with Gasteiger partial charge in [0.15, 0.2) is 11.6 Å². The van der Waals surface area contributed by atoms with Gasteiger partial charge in [0.2, 0.25) is 0 Å². The molecule has 0 rings (SSSR count). The van der Waals surface area contributed by atoms with Crippen LogP contribution in [0.25, 0.3) is 0 Å². The van der Waals surface area contributed by atoms with Crippen LogP contribution in [0, 0.1) is 0 Å². The second-order valence-corrected chi connectivity index (χ2v) is 4.62. The molecule has 6 atom stereocenters. The molecule has 12 heteroatoms. The number of hydrogen-bond acceptors (Lipinski definition) is 12. The van der Waals surface area contributed by atoms with Crippen molar-refractivity contribution in [3.05, 3.63) is 0 Å². The fourth-order valence-electron chi connectivity index (χ4n) is 1.20. The molecule has 0 aromatic carbocycles. The van der Waals surface area contributed by atoms with Crippen LogP contribution < -0.4 is 0 Å². The Morgan fingerprint density at radius 3 is 1.00 bits per heavy atom. The van der Waals surface area contributed by atoms with Gasteiger partial charge in [0, 0.05) is 0 Å². The molecule has 0 amide bonds. The maximum Gasteiger partial charge on any atom is 0.189 e. The highest BCUT2D eigenvalue weighted by Crippen LogP contribution is 2.01. The van der Waals surface area contributed by atoms with E-state index in [9.17, 15) is 9.59 Å². The Morgan fingerprint density at radius 1 is 0.583 bits per heavy atom. The maximum atomic E-state index is 10.5. The number of carbonyl (C=O) groups excluding carboxylic acids is 2. The monoisotopic (exact) mass is 360 g/mol. The van der Waals surface area contributed by atoms with Gasteiger partial charge >= 0.3 is 0 Å². The van der Waals surface area contributed by atoms with Gasteiger partial charge in [-0.15, -0.1) is 0 Å². The number of ketones is 2. The Morgan fingerprint density at radius 2 is 0.833 bits per heavy atom. The van der Waals surface area contributed by atoms with Crippen LogP contribution in [-0.4, -0.2) is 126 Å². The van der Waals surface area contributed by atoms with Crippen LogP contribution >= 0.6 is 0 Å². The number of hydrogen-bond donors (Lipinski definition) is 10. The van der Waals surface area contributed by atoms with Gasteiger partial charge in [-0.1, -0.05) is 0 Å². The summed E-state index contributed by atoms with van der Waals surface area (Å²) in [7, 11) is 0. The van der Waals surface area contributed by atoms with Gasteiger partial charge in [-0.2, -0.15) is 0 Å². The van der Waals surface area contributed by atoms with E-state index >= 15 is 0 Å². The van der Waals surface area contributed by atoms with E-state index in [0.717, 1.165) is 0 Å². The molecule has 0 unspecified atom stereocenters. The molecular formula is C12H24O12. The largest absolute Gasteiger partial charge is 0.394 e. The molecule has 0 aliphatic rings. The van der Waals surface area contributed by atoms with Crippen molar-refractivity contribution >= 4 is 11.6 Å². The molecule has 0 radical (unpaired) electrons. The molecule has 0 saturated heterocycles. The topological polar surface area (TPSA) is 236 Å². The first kappa shape index (κ1) is 25.2. The van der Waals surface area contributed by atoms with Gasteiger partial charge in [0.05, 0.1) is 13.2 Å². The third-order valence-corrected chi connectivity index (χ3v) is 2.78. The summed E-state index contributed by atoms with van der Waals surface area (Å²) in [6, 6.07) is 0. The van der Waals surface area contributed by atoms with E-state index in [1.165, 1.54) is 0 Å². The second kappa shape index (κ2) is 13.3. The Labute approximate surface area is 136 Å². The normalized spacial score (nSPS) is 18.4. The fraction of sp³-hybridized carbons (Fsp3) is 0.833. The van der Waals surface area contributed by atoms with Crippen LogP contribution in [-0.2, 0) is 9.59 Å². The van der Waals surface area contributed by atoms with Crippen molar-refractivity contribution in [1.29, 1.82) is 0 Å². The van der Waals surface area contributed by atoms with Crippen molar-refractivity contribution in [1.82, 2.24) is 0 Å². The third-order valence-electron chi connectivity index (χ3n) is 2.78. The number of rotatable bonds is 10. The van der Waals surface area contributed by atoms with E-state index in [0.29, 0.717) is 0 Å². The predicted octanol–water partition coefficient (Wildman–Crippen LogP) is -6.75. The predicted molar refractivity (Wildman–Crippen MR) is 74.4 cm³/mol. The average molecular weight is 360 g/mol. The highest BCUT2D eigenvalue weighted by Gasteiger charge is 2.29. The van der Waals surface area contributed by atoms with Crippen LogP contribution in [0.5, 0.6) is 0 Å². The Bertz CT molecular complexity index is 328. The first-order valence-electron chi connectivity index (χ1n) is 6.66. The molecule has 0 aliphatic carbocycles. The van der Waals surface area contributed by atoms with Crippen molar-refractivity contribution in [2.24, 2.45) is 0 Å². The van der Waals surface area contributed by atoms with Gasteiger partial charge < -0.3 is 51.1 Å². The highest BCUT2D eigenvalue weighted by molar-refractivity contribution is 5.84. The lowest BCUT2D eigenvalue weighted by molar-refractivity contribution is -0.143. The first-order chi connectivity index (χ1) is 11.1. The van der Waals surface area contributed by atoms with Crippen molar-refractivity contribution in [2.75, 3.05) is 26.4 Å². The second-order valence-electron chi connectivity index (χ2n) is 4.62. The van der Waals surface area contributed by atoms with E-state index in [1.807, 2.05) is 0 Å². The van der Waals surface area contributed by atoms with Gasteiger partial charge in [-0.25, -0.2) is 0 Å². The highest BCUT2D eigenvalue weighted by atomic mass is 16.4. The molecule has 0 aromatic rings. The van der Waals surface area contributed by atoms with E-state index < -0.39 is 74.6 Å². The van der Waals surface area contributed by atoms with Crippen LogP contribution in [0.3, 0.4) is 0 Å². The molecular weight excluding hydrogens is 336 g/mol. The molecule has 0 heterocycles. The minimum absolute atomic E-state index is 0.767. The zero-order valence-electron chi connectivity index (χ0n) is 12.6. The van der Waals surface area contributed by atoms with Gasteiger partial charge in [0.25, 0.3) is 0 Å². The molecule has 10 N–H and O–H groups in total. The van der Waals surface area contributed by atoms with Crippen LogP contribution in [0.2, 0.25) is 0 Å². The molecule has 144 valence electrons. The summed E-state index contributed by atoms with van der Waals surface area (Å²) < 4.78 is 0. The molecule has 0 fully saturated rings. The van der Waals surface area contributed by atoms with Gasteiger partial charge in [0.1, 0.15) is 49.8 Å². The molecule has 12 nitrogen and oxygen atoms in total. The lowest BCUT2D eigenvalue weighted by atomic mass is 10.1. The summed E-state index contributed by atoms with van der Waals surface area (Å²) in [6.45, 7) is -3.37. The van der Waals surface area contributed by atoms with Crippen LogP contribution in [0.1, 0.15) is 0 Å². The maximum absolute atomic E-state index is 10.5. The lowest BCUT2D eigenvalue weighted by Crippen LogP contribution is -2.44. The van der Waals surface area contributed by atoms with Crippen molar-refractivity contribution in [3.8, 4) is 0 Å². The molecule has 24 heavy (non-hydrogen) atoms. The molecule has 0 saturated carbocycles. The molecule has 0 spiro atoms. The third kappa shape index (κ3) is 8.70. The lowest BCUT2D eigenvalue weighted by Gasteiger charge is -2.19. The summed E-state index contributed by atoms with van der Waals surface area (Å²) in [4.78, 5) is 21.0. The summed E-state index contributed by atoms with van der Waals surface area (Å²) in [5.74, 6) is -2.01. The minimum Gasteiger partial charge on any atom is -0.394 e. The summed E-state index contributed by atoms with van der Waals surface area (Å²) in [5.41, 5.74) is 0. The summed E-state index contributed by atoms with van der Waals surface area (Å²) >= 11 is 0. The number of aliphatic hydroxyl groups excluding tert-OH is 10. The summed E-state index contributed by atoms with van der Waals surface area (Å²) in [6.07, 6.45) is -10.4. The Kier molecular flexibility index (Phi) is 13.9. The quantitative estimate of drug-likeness (QED) is 0.175. The van der Waals surface area contributed by atoms with Crippen molar-refractivity contribution in [2.45, 2.75) is 36.6 Å². The first-order valence-corrected chi connectivity index (χ1v) is 6.66. The zero-order chi connectivity index (χ0) is 19.4. The van der Waals surface area contributed by atoms with Crippen molar-refractivity contribution in [3.63, 3.8) is 0 Å². The van der Waals surface area contributed by atoms with Crippen LogP contribution in [0.4, 0.5) is 0 Å². The van der Waals surface area contributed by atoms with E-state index in [-0.39, 0.29) is 0 Å². The SMILES string of the molecule is O=C(CO)[C@H](O)[C@@H](O)[C@@H](O)CO.O=C(CO)[C@H](O)[C@@H](O)[C@@H](O)CO. The smallest absolute Gasteiger partial charge is 0.189 e. The van der Waals surface area contributed by atoms with E-state index in [2.05, 4.69) is 0 Å². The van der Waals surface area contributed by atoms with E-state index in [1.54, 1.807) is 0 Å². The molecule has 0 bridgehead atoms. The number of carbonyl (C=O) groups is 2. The number of Topliss-reactive ketones (excluding diaryl/α,β-unsaturated/α-hetero) is 2. The molecule has 0 aromatic heterocycles. The average Bonchev–Trinajstić information content (AvgIpc) is 2.62. The Hall–Kier alpha value is -1.06. The molecule has 0 aliphatic heterocycles. The van der Waals surface area contributed by atoms with Crippen LogP contribution in [0.15, 0.2) is 0 Å². The zero-order valence-corrected chi connectivity index (χ0v) is 12.6. The fourth-order valence-corrected chi connectivity index (χ4v) is 1.20. The number of aliphatic hydroxyl groups is 10. The van der Waals surface area contributed by atoms with E-state index in [4.69, 9.17) is 51.1 Å². The Balaban J connectivity index is 0. The van der Waals surface area contributed by atoms with Gasteiger partial charge in [-0.3, -0.25) is 9.59 Å². The van der Waals surface area contributed by atoms with Crippen molar-refractivity contribution < 1.29 is 60.7 Å². The summed E-state index contributed by atoms with van der Waals surface area (Å²) in [5, 5.41) is 86.1.